The molecule has 0 radical (unpaired) electrons. The zero-order valence-corrected chi connectivity index (χ0v) is 9.87. The molecule has 86 valence electrons. The van der Waals surface area contributed by atoms with Gasteiger partial charge in [-0.2, -0.15) is 11.3 Å². The first-order chi connectivity index (χ1) is 8.34. The van der Waals surface area contributed by atoms with E-state index in [-0.39, 0.29) is 5.78 Å². The number of ketones is 1. The maximum Gasteiger partial charge on any atom is 0.205 e. The molecule has 2 heterocycles. The summed E-state index contributed by atoms with van der Waals surface area (Å²) >= 11 is 1.52. The van der Waals surface area contributed by atoms with Crippen LogP contribution < -0.4 is 10.1 Å². The Morgan fingerprint density at radius 2 is 2.24 bits per heavy atom. The first-order valence-corrected chi connectivity index (χ1v) is 6.35. The molecule has 1 unspecified atom stereocenters. The van der Waals surface area contributed by atoms with Gasteiger partial charge < -0.3 is 10.1 Å². The minimum atomic E-state index is -0.431. The minimum absolute atomic E-state index is 0.0354. The topological polar surface area (TPSA) is 38.3 Å². The Hall–Kier alpha value is -1.81. The van der Waals surface area contributed by atoms with E-state index in [1.54, 1.807) is 0 Å². The third-order valence-electron chi connectivity index (χ3n) is 2.73. The Morgan fingerprint density at radius 1 is 1.35 bits per heavy atom. The van der Waals surface area contributed by atoms with E-state index in [0.29, 0.717) is 6.54 Å². The largest absolute Gasteiger partial charge is 0.478 e. The van der Waals surface area contributed by atoms with E-state index in [4.69, 9.17) is 4.74 Å². The second-order valence-electron chi connectivity index (χ2n) is 3.86. The number of anilines is 1. The third-order valence-corrected chi connectivity index (χ3v) is 3.42. The molecule has 0 saturated heterocycles. The number of hydrogen-bond acceptors (Lipinski definition) is 4. The third kappa shape index (κ3) is 1.91. The lowest BCUT2D eigenvalue weighted by atomic mass is 10.1. The molecule has 2 aromatic rings. The number of thiophene rings is 1. The summed E-state index contributed by atoms with van der Waals surface area (Å²) in [7, 11) is 0. The molecule has 3 rings (SSSR count). The first-order valence-electron chi connectivity index (χ1n) is 5.40. The van der Waals surface area contributed by atoms with Gasteiger partial charge in [-0.25, -0.2) is 0 Å². The number of carbonyl (C=O) groups is 1. The predicted molar refractivity (Wildman–Crippen MR) is 68.0 cm³/mol. The van der Waals surface area contributed by atoms with Gasteiger partial charge in [-0.15, -0.1) is 0 Å². The molecule has 1 aromatic carbocycles. The molecule has 0 bridgehead atoms. The molecule has 1 aliphatic rings. The molecule has 0 aliphatic carbocycles. The quantitative estimate of drug-likeness (QED) is 0.827. The van der Waals surface area contributed by atoms with Crippen molar-refractivity contribution in [2.75, 3.05) is 11.9 Å². The molecule has 1 aromatic heterocycles. The fourth-order valence-electron chi connectivity index (χ4n) is 1.85. The number of rotatable bonds is 2. The van der Waals surface area contributed by atoms with E-state index >= 15 is 0 Å². The molecule has 3 nitrogen and oxygen atoms in total. The molecule has 1 aliphatic heterocycles. The van der Waals surface area contributed by atoms with Crippen LogP contribution in [0.25, 0.3) is 0 Å². The van der Waals surface area contributed by atoms with Gasteiger partial charge >= 0.3 is 0 Å². The highest BCUT2D eigenvalue weighted by molar-refractivity contribution is 7.08. The lowest BCUT2D eigenvalue weighted by Gasteiger charge is -2.26. The Balaban J connectivity index is 1.83. The highest BCUT2D eigenvalue weighted by Crippen LogP contribution is 2.29. The Morgan fingerprint density at radius 3 is 3.06 bits per heavy atom. The molecular weight excluding hydrogens is 234 g/mol. The summed E-state index contributed by atoms with van der Waals surface area (Å²) in [6, 6.07) is 9.49. The van der Waals surface area contributed by atoms with Crippen LogP contribution in [0.1, 0.15) is 10.4 Å². The smallest absolute Gasteiger partial charge is 0.205 e. The standard InChI is InChI=1S/C13H11NO2S/c15-13(9-5-6-17-8-9)12-7-14-10-3-1-2-4-11(10)16-12/h1-6,8,12,14H,7H2. The van der Waals surface area contributed by atoms with E-state index in [9.17, 15) is 4.79 Å². The van der Waals surface area contributed by atoms with Gasteiger partial charge in [0.05, 0.1) is 12.2 Å². The summed E-state index contributed by atoms with van der Waals surface area (Å²) in [6.07, 6.45) is -0.431. The van der Waals surface area contributed by atoms with Crippen molar-refractivity contribution in [3.63, 3.8) is 0 Å². The number of hydrogen-bond donors (Lipinski definition) is 1. The van der Waals surface area contributed by atoms with Gasteiger partial charge in [0, 0.05) is 10.9 Å². The number of carbonyl (C=O) groups excluding carboxylic acids is 1. The number of para-hydroxylation sites is 2. The Bertz CT molecular complexity index is 536. The summed E-state index contributed by atoms with van der Waals surface area (Å²) in [5.74, 6) is 0.778. The summed E-state index contributed by atoms with van der Waals surface area (Å²) in [5.41, 5.74) is 1.67. The molecule has 1 atom stereocenters. The van der Waals surface area contributed by atoms with Gasteiger partial charge in [-0.05, 0) is 23.6 Å². The summed E-state index contributed by atoms with van der Waals surface area (Å²) in [6.45, 7) is 0.520. The van der Waals surface area contributed by atoms with Gasteiger partial charge in [0.1, 0.15) is 5.75 Å². The molecular formula is C13H11NO2S. The summed E-state index contributed by atoms with van der Waals surface area (Å²) in [4.78, 5) is 12.1. The maximum absolute atomic E-state index is 12.1. The van der Waals surface area contributed by atoms with Crippen molar-refractivity contribution in [1.29, 1.82) is 0 Å². The molecule has 0 amide bonds. The van der Waals surface area contributed by atoms with E-state index in [0.717, 1.165) is 17.0 Å². The van der Waals surface area contributed by atoms with Crippen LogP contribution in [0.15, 0.2) is 41.1 Å². The predicted octanol–water partition coefficient (Wildman–Crippen LogP) is 2.80. The van der Waals surface area contributed by atoms with Crippen LogP contribution in [-0.4, -0.2) is 18.4 Å². The van der Waals surface area contributed by atoms with E-state index in [2.05, 4.69) is 5.32 Å². The molecule has 4 heteroatoms. The van der Waals surface area contributed by atoms with Crippen LogP contribution in [-0.2, 0) is 0 Å². The number of fused-ring (bicyclic) bond motifs is 1. The SMILES string of the molecule is O=C(c1ccsc1)C1CNc2ccccc2O1. The van der Waals surface area contributed by atoms with Crippen LogP contribution in [0, 0.1) is 0 Å². The van der Waals surface area contributed by atoms with Crippen molar-refractivity contribution < 1.29 is 9.53 Å². The molecule has 17 heavy (non-hydrogen) atoms. The van der Waals surface area contributed by atoms with Gasteiger partial charge in [0.2, 0.25) is 5.78 Å². The van der Waals surface area contributed by atoms with Crippen molar-refractivity contribution in [1.82, 2.24) is 0 Å². The van der Waals surface area contributed by atoms with Crippen molar-refractivity contribution in [3.8, 4) is 5.75 Å². The number of nitrogens with one attached hydrogen (secondary N) is 1. The van der Waals surface area contributed by atoms with Crippen LogP contribution in [0.2, 0.25) is 0 Å². The highest BCUT2D eigenvalue weighted by atomic mass is 32.1. The van der Waals surface area contributed by atoms with Gasteiger partial charge in [-0.3, -0.25) is 4.79 Å². The van der Waals surface area contributed by atoms with Gasteiger partial charge in [-0.1, -0.05) is 12.1 Å². The number of ether oxygens (including phenoxy) is 1. The van der Waals surface area contributed by atoms with Crippen LogP contribution in [0.5, 0.6) is 5.75 Å². The zero-order valence-electron chi connectivity index (χ0n) is 9.05. The van der Waals surface area contributed by atoms with E-state index in [1.165, 1.54) is 11.3 Å². The summed E-state index contributed by atoms with van der Waals surface area (Å²) in [5, 5.41) is 6.97. The molecule has 0 saturated carbocycles. The van der Waals surface area contributed by atoms with E-state index < -0.39 is 6.10 Å². The van der Waals surface area contributed by atoms with Crippen LogP contribution >= 0.6 is 11.3 Å². The van der Waals surface area contributed by atoms with E-state index in [1.807, 2.05) is 41.1 Å². The lowest BCUT2D eigenvalue weighted by Crippen LogP contribution is -2.37. The van der Waals surface area contributed by atoms with Crippen LogP contribution in [0.3, 0.4) is 0 Å². The van der Waals surface area contributed by atoms with Gasteiger partial charge in [0.25, 0.3) is 0 Å². The molecule has 0 fully saturated rings. The molecule has 1 N–H and O–H groups in total. The monoisotopic (exact) mass is 245 g/mol. The minimum Gasteiger partial charge on any atom is -0.478 e. The summed E-state index contributed by atoms with van der Waals surface area (Å²) < 4.78 is 5.71. The van der Waals surface area contributed by atoms with Gasteiger partial charge in [0.15, 0.2) is 6.10 Å². The fraction of sp³-hybridized carbons (Fsp3) is 0.154. The average molecular weight is 245 g/mol. The lowest BCUT2D eigenvalue weighted by molar-refractivity contribution is 0.0802. The second-order valence-corrected chi connectivity index (χ2v) is 4.64. The fourth-order valence-corrected chi connectivity index (χ4v) is 2.49. The van der Waals surface area contributed by atoms with Crippen LogP contribution in [0.4, 0.5) is 5.69 Å². The second kappa shape index (κ2) is 4.22. The average Bonchev–Trinajstić information content (AvgIpc) is 2.91. The molecule has 0 spiro atoms. The van der Waals surface area contributed by atoms with Crippen molar-refractivity contribution in [2.45, 2.75) is 6.10 Å². The Labute approximate surface area is 103 Å². The maximum atomic E-state index is 12.1. The van der Waals surface area contributed by atoms with Crippen molar-refractivity contribution >= 4 is 22.8 Å². The van der Waals surface area contributed by atoms with Crippen molar-refractivity contribution in [2.24, 2.45) is 0 Å². The Kier molecular flexibility index (Phi) is 2.57. The number of Topliss-reactive ketones (excluding diaryl/α,β-unsaturated/α-hetero) is 1. The normalized spacial score (nSPS) is 17.8. The van der Waals surface area contributed by atoms with Crippen molar-refractivity contribution in [3.05, 3.63) is 46.7 Å². The zero-order chi connectivity index (χ0) is 11.7. The first kappa shape index (κ1) is 10.4. The highest BCUT2D eigenvalue weighted by Gasteiger charge is 2.26. The number of benzene rings is 1.